The number of amides is 1. The molecule has 0 aliphatic carbocycles. The topological polar surface area (TPSA) is 117 Å². The SMILES string of the molecule is CCOc1ccc(S(=O)(=O)N(CC)CC(=O)NCCSc2n[nH]c(-c3ccccc3)n2)cc1. The maximum atomic E-state index is 12.9. The van der Waals surface area contributed by atoms with Gasteiger partial charge in [0.05, 0.1) is 18.0 Å². The molecule has 0 aliphatic heterocycles. The Balaban J connectivity index is 1.47. The molecular weight excluding hydrogens is 462 g/mol. The Bertz CT molecular complexity index is 1140. The van der Waals surface area contributed by atoms with Crippen LogP contribution in [-0.4, -0.2) is 65.8 Å². The number of aromatic amines is 1. The zero-order valence-corrected chi connectivity index (χ0v) is 20.2. The van der Waals surface area contributed by atoms with Gasteiger partial charge in [-0.2, -0.15) is 4.31 Å². The number of rotatable bonds is 12. The number of hydrogen-bond acceptors (Lipinski definition) is 7. The summed E-state index contributed by atoms with van der Waals surface area (Å²) in [6, 6.07) is 15.8. The van der Waals surface area contributed by atoms with Crippen molar-refractivity contribution in [3.05, 3.63) is 54.6 Å². The van der Waals surface area contributed by atoms with Crippen molar-refractivity contribution in [2.45, 2.75) is 23.9 Å². The van der Waals surface area contributed by atoms with Gasteiger partial charge < -0.3 is 10.1 Å². The molecule has 3 rings (SSSR count). The number of sulfonamides is 1. The smallest absolute Gasteiger partial charge is 0.243 e. The van der Waals surface area contributed by atoms with Crippen LogP contribution >= 0.6 is 11.8 Å². The molecule has 0 fully saturated rings. The van der Waals surface area contributed by atoms with Crippen LogP contribution in [0.3, 0.4) is 0 Å². The fraction of sp³-hybridized carbons (Fsp3) is 0.318. The van der Waals surface area contributed by atoms with Crippen molar-refractivity contribution in [3.63, 3.8) is 0 Å². The highest BCUT2D eigenvalue weighted by molar-refractivity contribution is 7.99. The van der Waals surface area contributed by atoms with Crippen LogP contribution in [0.2, 0.25) is 0 Å². The van der Waals surface area contributed by atoms with E-state index in [1.54, 1.807) is 19.1 Å². The van der Waals surface area contributed by atoms with Crippen molar-refractivity contribution in [1.82, 2.24) is 24.8 Å². The number of nitrogens with zero attached hydrogens (tertiary/aromatic N) is 3. The number of carbonyl (C=O) groups is 1. The van der Waals surface area contributed by atoms with Crippen LogP contribution in [0.1, 0.15) is 13.8 Å². The van der Waals surface area contributed by atoms with Gasteiger partial charge in [0.15, 0.2) is 5.82 Å². The van der Waals surface area contributed by atoms with Gasteiger partial charge in [-0.25, -0.2) is 13.4 Å². The van der Waals surface area contributed by atoms with Crippen LogP contribution in [0.15, 0.2) is 64.6 Å². The van der Waals surface area contributed by atoms with Crippen LogP contribution in [0, 0.1) is 0 Å². The maximum absolute atomic E-state index is 12.9. The van der Waals surface area contributed by atoms with Gasteiger partial charge in [-0.15, -0.1) is 5.10 Å². The van der Waals surface area contributed by atoms with Crippen LogP contribution in [0.4, 0.5) is 0 Å². The van der Waals surface area contributed by atoms with Crippen molar-refractivity contribution in [3.8, 4) is 17.1 Å². The normalized spacial score (nSPS) is 11.5. The summed E-state index contributed by atoms with van der Waals surface area (Å²) in [6.07, 6.45) is 0. The lowest BCUT2D eigenvalue weighted by atomic mass is 10.2. The molecule has 0 saturated carbocycles. The molecule has 11 heteroatoms. The average molecular weight is 490 g/mol. The zero-order valence-electron chi connectivity index (χ0n) is 18.5. The summed E-state index contributed by atoms with van der Waals surface area (Å²) >= 11 is 1.40. The third-order valence-electron chi connectivity index (χ3n) is 4.61. The highest BCUT2D eigenvalue weighted by atomic mass is 32.2. The molecule has 1 heterocycles. The number of thioether (sulfide) groups is 1. The van der Waals surface area contributed by atoms with E-state index in [2.05, 4.69) is 20.5 Å². The summed E-state index contributed by atoms with van der Waals surface area (Å²) < 4.78 is 32.3. The summed E-state index contributed by atoms with van der Waals surface area (Å²) in [7, 11) is -3.79. The Kier molecular flexibility index (Phi) is 8.87. The highest BCUT2D eigenvalue weighted by Gasteiger charge is 2.25. The van der Waals surface area contributed by atoms with E-state index >= 15 is 0 Å². The molecule has 176 valence electrons. The lowest BCUT2D eigenvalue weighted by molar-refractivity contribution is -0.121. The Morgan fingerprint density at radius 3 is 2.52 bits per heavy atom. The van der Waals surface area contributed by atoms with Crippen LogP contribution < -0.4 is 10.1 Å². The van der Waals surface area contributed by atoms with E-state index in [0.29, 0.717) is 35.6 Å². The fourth-order valence-electron chi connectivity index (χ4n) is 2.98. The lowest BCUT2D eigenvalue weighted by Gasteiger charge is -2.20. The maximum Gasteiger partial charge on any atom is 0.243 e. The fourth-order valence-corrected chi connectivity index (χ4v) is 5.03. The predicted molar refractivity (Wildman–Crippen MR) is 128 cm³/mol. The number of carbonyl (C=O) groups excluding carboxylic acids is 1. The second-order valence-electron chi connectivity index (χ2n) is 6.87. The average Bonchev–Trinajstić information content (AvgIpc) is 3.30. The number of nitrogens with one attached hydrogen (secondary N) is 2. The molecule has 0 atom stereocenters. The monoisotopic (exact) mass is 489 g/mol. The summed E-state index contributed by atoms with van der Waals surface area (Å²) in [5, 5.41) is 10.4. The first-order chi connectivity index (χ1) is 15.9. The van der Waals surface area contributed by atoms with Crippen molar-refractivity contribution in [1.29, 1.82) is 0 Å². The lowest BCUT2D eigenvalue weighted by Crippen LogP contribution is -2.41. The molecule has 2 aromatic carbocycles. The zero-order chi connectivity index (χ0) is 23.7. The largest absolute Gasteiger partial charge is 0.494 e. The second-order valence-corrected chi connectivity index (χ2v) is 9.87. The molecule has 1 amide bonds. The van der Waals surface area contributed by atoms with Gasteiger partial charge >= 0.3 is 0 Å². The number of aromatic nitrogens is 3. The minimum absolute atomic E-state index is 0.120. The van der Waals surface area contributed by atoms with Crippen molar-refractivity contribution >= 4 is 27.7 Å². The second kappa shape index (κ2) is 11.8. The molecule has 0 bridgehead atoms. The molecule has 2 N–H and O–H groups in total. The number of H-pyrrole nitrogens is 1. The summed E-state index contributed by atoms with van der Waals surface area (Å²) in [6.45, 7) is 4.33. The third-order valence-corrected chi connectivity index (χ3v) is 7.40. The molecule has 0 radical (unpaired) electrons. The van der Waals surface area contributed by atoms with Gasteiger partial charge in [0.25, 0.3) is 0 Å². The molecule has 3 aromatic rings. The van der Waals surface area contributed by atoms with Crippen molar-refractivity contribution in [2.75, 3.05) is 32.0 Å². The van der Waals surface area contributed by atoms with Crippen molar-refractivity contribution in [2.24, 2.45) is 0 Å². The molecule has 0 unspecified atom stereocenters. The third kappa shape index (κ3) is 6.80. The first kappa shape index (κ1) is 24.7. The number of hydrogen-bond donors (Lipinski definition) is 2. The van der Waals surface area contributed by atoms with E-state index in [1.165, 1.54) is 23.9 Å². The van der Waals surface area contributed by atoms with Crippen LogP contribution in [0.5, 0.6) is 5.75 Å². The van der Waals surface area contributed by atoms with Gasteiger partial charge in [-0.3, -0.25) is 9.89 Å². The summed E-state index contributed by atoms with van der Waals surface area (Å²) in [4.78, 5) is 16.9. The van der Waals surface area contributed by atoms with Gasteiger partial charge in [0.1, 0.15) is 5.75 Å². The minimum Gasteiger partial charge on any atom is -0.494 e. The Morgan fingerprint density at radius 1 is 1.12 bits per heavy atom. The van der Waals surface area contributed by atoms with Gasteiger partial charge in [-0.1, -0.05) is 49.0 Å². The van der Waals surface area contributed by atoms with Gasteiger partial charge in [0.2, 0.25) is 21.1 Å². The molecule has 0 spiro atoms. The quantitative estimate of drug-likeness (QED) is 0.297. The Labute approximate surface area is 198 Å². The summed E-state index contributed by atoms with van der Waals surface area (Å²) in [5.74, 6) is 1.46. The predicted octanol–water partition coefficient (Wildman–Crippen LogP) is 2.79. The summed E-state index contributed by atoms with van der Waals surface area (Å²) in [5.41, 5.74) is 0.943. The first-order valence-electron chi connectivity index (χ1n) is 10.5. The molecule has 0 saturated heterocycles. The molecule has 1 aromatic heterocycles. The van der Waals surface area contributed by atoms with E-state index in [4.69, 9.17) is 4.74 Å². The van der Waals surface area contributed by atoms with E-state index in [0.717, 1.165) is 9.87 Å². The number of likely N-dealkylation sites (N-methyl/N-ethyl adjacent to an activating group) is 1. The van der Waals surface area contributed by atoms with Gasteiger partial charge in [-0.05, 0) is 31.2 Å². The number of ether oxygens (including phenoxy) is 1. The van der Waals surface area contributed by atoms with E-state index in [1.807, 2.05) is 37.3 Å². The van der Waals surface area contributed by atoms with Gasteiger partial charge in [0, 0.05) is 24.4 Å². The standard InChI is InChI=1S/C22H27N5O4S2/c1-3-27(33(29,30)19-12-10-18(11-13-19)31-4-2)16-20(28)23-14-15-32-22-24-21(25-26-22)17-8-6-5-7-9-17/h5-13H,3-4,14-16H2,1-2H3,(H,23,28)(H,24,25,26). The van der Waals surface area contributed by atoms with Crippen LogP contribution in [0.25, 0.3) is 11.4 Å². The molecular formula is C22H27N5O4S2. The molecule has 9 nitrogen and oxygen atoms in total. The highest BCUT2D eigenvalue weighted by Crippen LogP contribution is 2.20. The Hall–Kier alpha value is -2.89. The van der Waals surface area contributed by atoms with E-state index < -0.39 is 10.0 Å². The minimum atomic E-state index is -3.79. The molecule has 0 aliphatic rings. The van der Waals surface area contributed by atoms with E-state index in [-0.39, 0.29) is 23.9 Å². The molecule has 33 heavy (non-hydrogen) atoms. The van der Waals surface area contributed by atoms with Crippen molar-refractivity contribution < 1.29 is 17.9 Å². The Morgan fingerprint density at radius 2 is 1.85 bits per heavy atom. The van der Waals surface area contributed by atoms with E-state index in [9.17, 15) is 13.2 Å². The first-order valence-corrected chi connectivity index (χ1v) is 13.0. The van der Waals surface area contributed by atoms with Crippen LogP contribution in [-0.2, 0) is 14.8 Å². The number of benzene rings is 2.